The topological polar surface area (TPSA) is 50.7 Å². The lowest BCUT2D eigenvalue weighted by atomic mass is 10.1. The molecule has 1 saturated heterocycles. The van der Waals surface area contributed by atoms with Gasteiger partial charge in [0.05, 0.1) is 6.10 Å². The van der Waals surface area contributed by atoms with Crippen LogP contribution >= 0.6 is 11.6 Å². The molecule has 1 fully saturated rings. The number of benzene rings is 1. The first kappa shape index (κ1) is 15.6. The summed E-state index contributed by atoms with van der Waals surface area (Å²) in [5.74, 6) is 0.709. The van der Waals surface area contributed by atoms with Gasteiger partial charge in [-0.2, -0.15) is 0 Å². The Bertz CT molecular complexity index is 393. The smallest absolute Gasteiger partial charge is 0.119 e. The molecule has 0 spiro atoms. The quantitative estimate of drug-likeness (QED) is 0.811. The Morgan fingerprint density at radius 2 is 2.20 bits per heavy atom. The molecule has 1 aliphatic rings. The fraction of sp³-hybridized carbons (Fsp3) is 0.600. The standard InChI is InChI=1S/C15H22ClNO3/c1-11(15-3-2-8-19-15)17-9-13(18)10-20-14-6-4-12(16)5-7-14/h4-7,11,13,15,17-18H,2-3,8-10H2,1H3. The van der Waals surface area contributed by atoms with Crippen molar-refractivity contribution < 1.29 is 14.6 Å². The van der Waals surface area contributed by atoms with Crippen LogP contribution in [0, 0.1) is 0 Å². The average molecular weight is 300 g/mol. The highest BCUT2D eigenvalue weighted by Crippen LogP contribution is 2.16. The monoisotopic (exact) mass is 299 g/mol. The van der Waals surface area contributed by atoms with E-state index >= 15 is 0 Å². The van der Waals surface area contributed by atoms with Gasteiger partial charge in [0, 0.05) is 24.2 Å². The number of nitrogens with one attached hydrogen (secondary N) is 1. The third-order valence-corrected chi connectivity index (χ3v) is 3.71. The Morgan fingerprint density at radius 1 is 1.45 bits per heavy atom. The van der Waals surface area contributed by atoms with Crippen molar-refractivity contribution in [3.05, 3.63) is 29.3 Å². The van der Waals surface area contributed by atoms with Gasteiger partial charge in [-0.25, -0.2) is 0 Å². The molecular formula is C15H22ClNO3. The molecule has 0 radical (unpaired) electrons. The van der Waals surface area contributed by atoms with Crippen molar-refractivity contribution in [3.8, 4) is 5.75 Å². The number of aliphatic hydroxyl groups is 1. The number of aliphatic hydroxyl groups excluding tert-OH is 1. The summed E-state index contributed by atoms with van der Waals surface area (Å²) < 4.78 is 11.1. The van der Waals surface area contributed by atoms with Crippen LogP contribution in [0.1, 0.15) is 19.8 Å². The maximum Gasteiger partial charge on any atom is 0.119 e. The molecule has 5 heteroatoms. The lowest BCUT2D eigenvalue weighted by Crippen LogP contribution is -2.42. The molecule has 2 N–H and O–H groups in total. The Kier molecular flexibility index (Phi) is 6.10. The highest BCUT2D eigenvalue weighted by Gasteiger charge is 2.22. The summed E-state index contributed by atoms with van der Waals surface area (Å²) in [6, 6.07) is 7.36. The van der Waals surface area contributed by atoms with Gasteiger partial charge in [0.15, 0.2) is 0 Å². The van der Waals surface area contributed by atoms with Crippen LogP contribution in [0.5, 0.6) is 5.75 Å². The van der Waals surface area contributed by atoms with Crippen LogP contribution in [0.4, 0.5) is 0 Å². The highest BCUT2D eigenvalue weighted by atomic mass is 35.5. The minimum atomic E-state index is -0.547. The van der Waals surface area contributed by atoms with Crippen LogP contribution < -0.4 is 10.1 Å². The first-order valence-corrected chi connectivity index (χ1v) is 7.44. The normalized spacial score (nSPS) is 21.6. The minimum absolute atomic E-state index is 0.252. The van der Waals surface area contributed by atoms with Crippen LogP contribution in [-0.4, -0.2) is 43.1 Å². The van der Waals surface area contributed by atoms with Gasteiger partial charge in [-0.15, -0.1) is 0 Å². The Morgan fingerprint density at radius 3 is 2.85 bits per heavy atom. The first-order valence-electron chi connectivity index (χ1n) is 7.06. The van der Waals surface area contributed by atoms with Crippen molar-refractivity contribution >= 4 is 11.6 Å². The molecule has 0 bridgehead atoms. The van der Waals surface area contributed by atoms with Crippen LogP contribution in [0.15, 0.2) is 24.3 Å². The van der Waals surface area contributed by atoms with Gasteiger partial charge in [-0.1, -0.05) is 11.6 Å². The van der Waals surface area contributed by atoms with E-state index in [4.69, 9.17) is 21.1 Å². The van der Waals surface area contributed by atoms with Gasteiger partial charge in [0.2, 0.25) is 0 Å². The van der Waals surface area contributed by atoms with Crippen LogP contribution in [0.3, 0.4) is 0 Å². The Balaban J connectivity index is 1.64. The summed E-state index contributed by atoms with van der Waals surface area (Å²) >= 11 is 5.79. The molecule has 1 aromatic rings. The molecule has 1 heterocycles. The van der Waals surface area contributed by atoms with Gasteiger partial charge >= 0.3 is 0 Å². The Labute approximate surface area is 125 Å². The van der Waals surface area contributed by atoms with Crippen LogP contribution in [-0.2, 0) is 4.74 Å². The number of hydrogen-bond donors (Lipinski definition) is 2. The molecule has 0 aliphatic carbocycles. The third kappa shape index (κ3) is 4.94. The number of hydrogen-bond acceptors (Lipinski definition) is 4. The average Bonchev–Trinajstić information content (AvgIpc) is 2.98. The lowest BCUT2D eigenvalue weighted by molar-refractivity contribution is 0.0675. The zero-order chi connectivity index (χ0) is 14.4. The van der Waals surface area contributed by atoms with Crippen molar-refractivity contribution in [3.63, 3.8) is 0 Å². The predicted molar refractivity (Wildman–Crippen MR) is 79.4 cm³/mol. The zero-order valence-corrected chi connectivity index (χ0v) is 12.5. The van der Waals surface area contributed by atoms with E-state index in [1.54, 1.807) is 24.3 Å². The molecule has 1 aromatic carbocycles. The number of rotatable bonds is 7. The van der Waals surface area contributed by atoms with Crippen molar-refractivity contribution in [2.24, 2.45) is 0 Å². The molecule has 2 rings (SSSR count). The van der Waals surface area contributed by atoms with Gasteiger partial charge in [-0.3, -0.25) is 0 Å². The summed E-state index contributed by atoms with van der Waals surface area (Å²) in [6.45, 7) is 3.68. The molecule has 112 valence electrons. The molecule has 0 aromatic heterocycles. The molecule has 3 atom stereocenters. The molecule has 0 saturated carbocycles. The van der Waals surface area contributed by atoms with Crippen molar-refractivity contribution in [1.82, 2.24) is 5.32 Å². The second-order valence-corrected chi connectivity index (χ2v) is 5.60. The van der Waals surface area contributed by atoms with Crippen LogP contribution in [0.2, 0.25) is 5.02 Å². The van der Waals surface area contributed by atoms with Crippen molar-refractivity contribution in [2.75, 3.05) is 19.8 Å². The molecule has 20 heavy (non-hydrogen) atoms. The number of halogens is 1. The van der Waals surface area contributed by atoms with Crippen LogP contribution in [0.25, 0.3) is 0 Å². The van der Waals surface area contributed by atoms with E-state index in [2.05, 4.69) is 12.2 Å². The number of ether oxygens (including phenoxy) is 2. The van der Waals surface area contributed by atoms with Crippen molar-refractivity contribution in [2.45, 2.75) is 38.0 Å². The molecule has 3 unspecified atom stereocenters. The summed E-state index contributed by atoms with van der Waals surface area (Å²) in [7, 11) is 0. The van der Waals surface area contributed by atoms with E-state index in [9.17, 15) is 5.11 Å². The fourth-order valence-corrected chi connectivity index (χ4v) is 2.36. The van der Waals surface area contributed by atoms with E-state index in [1.165, 1.54) is 0 Å². The van der Waals surface area contributed by atoms with E-state index in [1.807, 2.05) is 0 Å². The zero-order valence-electron chi connectivity index (χ0n) is 11.7. The second kappa shape index (κ2) is 7.84. The predicted octanol–water partition coefficient (Wildman–Crippen LogP) is 2.24. The molecular weight excluding hydrogens is 278 g/mol. The first-order chi connectivity index (χ1) is 9.65. The minimum Gasteiger partial charge on any atom is -0.491 e. The van der Waals surface area contributed by atoms with Gasteiger partial charge in [-0.05, 0) is 44.0 Å². The largest absolute Gasteiger partial charge is 0.491 e. The van der Waals surface area contributed by atoms with E-state index in [0.29, 0.717) is 17.3 Å². The molecule has 4 nitrogen and oxygen atoms in total. The maximum absolute atomic E-state index is 9.90. The van der Waals surface area contributed by atoms with Gasteiger partial charge in [0.25, 0.3) is 0 Å². The van der Waals surface area contributed by atoms with E-state index in [-0.39, 0.29) is 18.8 Å². The fourth-order valence-electron chi connectivity index (χ4n) is 2.23. The maximum atomic E-state index is 9.90. The Hall–Kier alpha value is -0.810. The van der Waals surface area contributed by atoms with E-state index < -0.39 is 6.10 Å². The van der Waals surface area contributed by atoms with Gasteiger partial charge in [0.1, 0.15) is 18.5 Å². The SMILES string of the molecule is CC(NCC(O)COc1ccc(Cl)cc1)C1CCCO1. The third-order valence-electron chi connectivity index (χ3n) is 3.45. The summed E-state index contributed by atoms with van der Waals surface area (Å²) in [5.41, 5.74) is 0. The summed E-state index contributed by atoms with van der Waals surface area (Å²) in [5, 5.41) is 13.9. The molecule has 0 amide bonds. The van der Waals surface area contributed by atoms with Crippen molar-refractivity contribution in [1.29, 1.82) is 0 Å². The summed E-state index contributed by atoms with van der Waals surface area (Å²) in [6.07, 6.45) is 1.93. The molecule has 1 aliphatic heterocycles. The highest BCUT2D eigenvalue weighted by molar-refractivity contribution is 6.30. The second-order valence-electron chi connectivity index (χ2n) is 5.17. The van der Waals surface area contributed by atoms with Gasteiger partial charge < -0.3 is 19.9 Å². The summed E-state index contributed by atoms with van der Waals surface area (Å²) in [4.78, 5) is 0. The van der Waals surface area contributed by atoms with E-state index in [0.717, 1.165) is 19.4 Å². The lowest BCUT2D eigenvalue weighted by Gasteiger charge is -2.22.